The fourth-order valence-electron chi connectivity index (χ4n) is 4.75. The van der Waals surface area contributed by atoms with Gasteiger partial charge in [-0.25, -0.2) is 0 Å². The van der Waals surface area contributed by atoms with Crippen LogP contribution in [0, 0.1) is 5.92 Å². The molecule has 1 amide bonds. The highest BCUT2D eigenvalue weighted by atomic mass is 32.2. The van der Waals surface area contributed by atoms with Crippen molar-refractivity contribution in [2.75, 3.05) is 32.1 Å². The van der Waals surface area contributed by atoms with Gasteiger partial charge < -0.3 is 15.0 Å². The van der Waals surface area contributed by atoms with Gasteiger partial charge in [0.25, 0.3) is 0 Å². The van der Waals surface area contributed by atoms with Crippen LogP contribution in [0.25, 0.3) is 0 Å². The summed E-state index contributed by atoms with van der Waals surface area (Å²) in [4.78, 5) is 14.6. The Balaban J connectivity index is 1.20. The fraction of sp³-hybridized carbons (Fsp3) is 0.944. The molecule has 4 fully saturated rings. The van der Waals surface area contributed by atoms with Gasteiger partial charge in [0.1, 0.15) is 0 Å². The number of nitrogens with zero attached hydrogens (tertiary/aromatic N) is 1. The highest BCUT2D eigenvalue weighted by Gasteiger charge is 2.50. The molecule has 130 valence electrons. The number of amides is 1. The lowest BCUT2D eigenvalue weighted by atomic mass is 9.89. The van der Waals surface area contributed by atoms with Crippen LogP contribution in [0.4, 0.5) is 0 Å². The van der Waals surface area contributed by atoms with E-state index in [1.165, 1.54) is 37.9 Å². The second kappa shape index (κ2) is 6.93. The third-order valence-electron chi connectivity index (χ3n) is 6.15. The summed E-state index contributed by atoms with van der Waals surface area (Å²) in [5, 5.41) is 3.87. The van der Waals surface area contributed by atoms with Gasteiger partial charge in [0, 0.05) is 50.6 Å². The van der Waals surface area contributed by atoms with Crippen LogP contribution >= 0.6 is 11.8 Å². The summed E-state index contributed by atoms with van der Waals surface area (Å²) in [7, 11) is 0. The second-order valence-electron chi connectivity index (χ2n) is 8.05. The molecule has 5 heteroatoms. The number of carbonyl (C=O) groups is 1. The Kier molecular flexibility index (Phi) is 4.89. The molecule has 23 heavy (non-hydrogen) atoms. The van der Waals surface area contributed by atoms with Gasteiger partial charge in [-0.3, -0.25) is 4.79 Å². The minimum absolute atomic E-state index is 0.377. The Hall–Kier alpha value is -0.260. The van der Waals surface area contributed by atoms with Crippen LogP contribution in [0.2, 0.25) is 0 Å². The van der Waals surface area contributed by atoms with Crippen molar-refractivity contribution in [3.8, 4) is 0 Å². The number of thioether (sulfide) groups is 1. The zero-order chi connectivity index (χ0) is 15.7. The molecule has 4 nitrogen and oxygen atoms in total. The molecule has 4 rings (SSSR count). The first-order valence-corrected chi connectivity index (χ1v) is 10.5. The van der Waals surface area contributed by atoms with E-state index in [1.54, 1.807) is 0 Å². The van der Waals surface area contributed by atoms with E-state index in [0.29, 0.717) is 22.6 Å². The molecule has 1 unspecified atom stereocenters. The topological polar surface area (TPSA) is 41.6 Å². The van der Waals surface area contributed by atoms with Crippen molar-refractivity contribution in [3.05, 3.63) is 0 Å². The van der Waals surface area contributed by atoms with Crippen molar-refractivity contribution in [3.63, 3.8) is 0 Å². The largest absolute Gasteiger partial charge is 0.381 e. The Morgan fingerprint density at radius 1 is 1.13 bits per heavy atom. The van der Waals surface area contributed by atoms with Crippen LogP contribution in [-0.2, 0) is 9.53 Å². The first-order chi connectivity index (χ1) is 11.2. The standard InChI is InChI=1S/C18H30N2O2S/c21-17(9-14-5-7-22-8-6-14)20-12-18(13-20)10-16(11-23-18)19-15-3-1-2-4-15/h14-16,19H,1-13H2. The molecule has 1 saturated carbocycles. The molecule has 0 radical (unpaired) electrons. The highest BCUT2D eigenvalue weighted by molar-refractivity contribution is 8.01. The van der Waals surface area contributed by atoms with Crippen molar-refractivity contribution in [2.24, 2.45) is 5.92 Å². The first kappa shape index (κ1) is 16.2. The normalized spacial score (nSPS) is 31.7. The minimum atomic E-state index is 0.377. The SMILES string of the molecule is O=C(CC1CCOCC1)N1CC2(CC(NC3CCCC3)CS2)C1. The number of nitrogens with one attached hydrogen (secondary N) is 1. The molecule has 1 N–H and O–H groups in total. The Bertz CT molecular complexity index is 427. The maximum atomic E-state index is 12.5. The third-order valence-corrected chi connectivity index (χ3v) is 7.76. The summed E-state index contributed by atoms with van der Waals surface area (Å²) in [6.07, 6.45) is 9.66. The Labute approximate surface area is 144 Å². The van der Waals surface area contributed by atoms with Crippen LogP contribution < -0.4 is 5.32 Å². The molecule has 1 spiro atoms. The van der Waals surface area contributed by atoms with E-state index in [4.69, 9.17) is 4.74 Å². The number of likely N-dealkylation sites (tertiary alicyclic amines) is 1. The van der Waals surface area contributed by atoms with E-state index in [2.05, 4.69) is 22.0 Å². The molecule has 3 aliphatic heterocycles. The molecular formula is C18H30N2O2S. The molecule has 0 aromatic rings. The van der Waals surface area contributed by atoms with Gasteiger partial charge in [0.15, 0.2) is 0 Å². The van der Waals surface area contributed by atoms with Crippen LogP contribution in [0.5, 0.6) is 0 Å². The average molecular weight is 339 g/mol. The number of ether oxygens (including phenoxy) is 1. The quantitative estimate of drug-likeness (QED) is 0.855. The predicted octanol–water partition coefficient (Wildman–Crippen LogP) is 2.42. The van der Waals surface area contributed by atoms with Crippen molar-refractivity contribution in [2.45, 2.75) is 68.2 Å². The van der Waals surface area contributed by atoms with Crippen molar-refractivity contribution < 1.29 is 9.53 Å². The van der Waals surface area contributed by atoms with Crippen molar-refractivity contribution in [1.82, 2.24) is 10.2 Å². The van der Waals surface area contributed by atoms with Crippen LogP contribution in [-0.4, -0.2) is 59.7 Å². The van der Waals surface area contributed by atoms with Crippen LogP contribution in [0.1, 0.15) is 51.4 Å². The molecule has 0 aromatic heterocycles. The Morgan fingerprint density at radius 3 is 2.61 bits per heavy atom. The zero-order valence-corrected chi connectivity index (χ0v) is 14.9. The molecule has 0 aromatic carbocycles. The average Bonchev–Trinajstić information content (AvgIpc) is 3.17. The molecule has 0 bridgehead atoms. The molecule has 4 aliphatic rings. The summed E-state index contributed by atoms with van der Waals surface area (Å²) >= 11 is 2.11. The van der Waals surface area contributed by atoms with E-state index < -0.39 is 0 Å². The predicted molar refractivity (Wildman–Crippen MR) is 93.7 cm³/mol. The summed E-state index contributed by atoms with van der Waals surface area (Å²) in [6.45, 7) is 3.66. The molecule has 3 heterocycles. The van der Waals surface area contributed by atoms with E-state index in [1.807, 2.05) is 0 Å². The summed E-state index contributed by atoms with van der Waals surface area (Å²) < 4.78 is 5.77. The van der Waals surface area contributed by atoms with Crippen molar-refractivity contribution >= 4 is 17.7 Å². The van der Waals surface area contributed by atoms with Gasteiger partial charge in [0.05, 0.1) is 4.75 Å². The smallest absolute Gasteiger partial charge is 0.222 e. The first-order valence-electron chi connectivity index (χ1n) is 9.48. The van der Waals surface area contributed by atoms with Gasteiger partial charge >= 0.3 is 0 Å². The monoisotopic (exact) mass is 338 g/mol. The number of rotatable bonds is 4. The van der Waals surface area contributed by atoms with Crippen LogP contribution in [0.15, 0.2) is 0 Å². The van der Waals surface area contributed by atoms with Gasteiger partial charge in [-0.2, -0.15) is 0 Å². The molecule has 1 aliphatic carbocycles. The van der Waals surface area contributed by atoms with Gasteiger partial charge in [-0.15, -0.1) is 11.8 Å². The van der Waals surface area contributed by atoms with Crippen molar-refractivity contribution in [1.29, 1.82) is 0 Å². The van der Waals surface area contributed by atoms with E-state index in [0.717, 1.165) is 51.6 Å². The molecular weight excluding hydrogens is 308 g/mol. The highest BCUT2D eigenvalue weighted by Crippen LogP contribution is 2.45. The Morgan fingerprint density at radius 2 is 1.87 bits per heavy atom. The van der Waals surface area contributed by atoms with Gasteiger partial charge in [-0.05, 0) is 38.0 Å². The number of carbonyl (C=O) groups excluding carboxylic acids is 1. The molecule has 1 atom stereocenters. The van der Waals surface area contributed by atoms with E-state index in [9.17, 15) is 4.79 Å². The lowest BCUT2D eigenvalue weighted by Gasteiger charge is -2.48. The summed E-state index contributed by atoms with van der Waals surface area (Å²) in [5.41, 5.74) is 0. The molecule has 3 saturated heterocycles. The van der Waals surface area contributed by atoms with E-state index >= 15 is 0 Å². The maximum absolute atomic E-state index is 12.5. The number of hydrogen-bond acceptors (Lipinski definition) is 4. The third kappa shape index (κ3) is 3.72. The van der Waals surface area contributed by atoms with Crippen LogP contribution in [0.3, 0.4) is 0 Å². The summed E-state index contributed by atoms with van der Waals surface area (Å²) in [5.74, 6) is 2.18. The number of hydrogen-bond donors (Lipinski definition) is 1. The van der Waals surface area contributed by atoms with E-state index in [-0.39, 0.29) is 0 Å². The maximum Gasteiger partial charge on any atom is 0.222 e. The minimum Gasteiger partial charge on any atom is -0.381 e. The second-order valence-corrected chi connectivity index (χ2v) is 9.54. The zero-order valence-electron chi connectivity index (χ0n) is 14.1. The lowest BCUT2D eigenvalue weighted by molar-refractivity contribution is -0.138. The lowest BCUT2D eigenvalue weighted by Crippen LogP contribution is -2.61. The summed E-state index contributed by atoms with van der Waals surface area (Å²) in [6, 6.07) is 1.44. The van der Waals surface area contributed by atoms with Gasteiger partial charge in [0.2, 0.25) is 5.91 Å². The fourth-order valence-corrected chi connectivity index (χ4v) is 6.33. The van der Waals surface area contributed by atoms with Gasteiger partial charge in [-0.1, -0.05) is 12.8 Å².